The quantitative estimate of drug-likeness (QED) is 0.428. The van der Waals surface area contributed by atoms with Crippen molar-refractivity contribution in [2.24, 2.45) is 17.3 Å². The molecule has 1 aromatic carbocycles. The smallest absolute Gasteiger partial charge is 0.245 e. The maximum atomic E-state index is 14.9. The Balaban J connectivity index is 1.49. The van der Waals surface area contributed by atoms with E-state index in [4.69, 9.17) is 16.3 Å². The van der Waals surface area contributed by atoms with Gasteiger partial charge >= 0.3 is 0 Å². The van der Waals surface area contributed by atoms with Gasteiger partial charge in [0, 0.05) is 60.7 Å². The summed E-state index contributed by atoms with van der Waals surface area (Å²) in [5.74, 6) is 0.478. The zero-order chi connectivity index (χ0) is 32.7. The Morgan fingerprint density at radius 2 is 1.47 bits per heavy atom. The van der Waals surface area contributed by atoms with Gasteiger partial charge in [-0.05, 0) is 76.5 Å². The molecular formula is C36H55ClN4O4. The molecule has 0 spiro atoms. The van der Waals surface area contributed by atoms with Crippen LogP contribution in [0.15, 0.2) is 24.3 Å². The van der Waals surface area contributed by atoms with Crippen molar-refractivity contribution in [3.05, 3.63) is 34.9 Å². The number of benzene rings is 1. The van der Waals surface area contributed by atoms with Crippen molar-refractivity contribution in [2.45, 2.75) is 110 Å². The van der Waals surface area contributed by atoms with Crippen LogP contribution in [0.1, 0.15) is 92.1 Å². The monoisotopic (exact) mass is 642 g/mol. The Hall–Kier alpha value is -2.16. The molecule has 3 saturated heterocycles. The third kappa shape index (κ3) is 7.54. The van der Waals surface area contributed by atoms with Crippen LogP contribution < -0.4 is 0 Å². The van der Waals surface area contributed by atoms with Crippen LogP contribution in [0.2, 0.25) is 5.02 Å². The second-order valence-corrected chi connectivity index (χ2v) is 16.5. The maximum absolute atomic E-state index is 14.9. The largest absolute Gasteiger partial charge is 0.378 e. The molecule has 0 bridgehead atoms. The molecule has 9 heteroatoms. The lowest BCUT2D eigenvalue weighted by molar-refractivity contribution is -0.148. The minimum Gasteiger partial charge on any atom is -0.378 e. The molecule has 1 saturated carbocycles. The fourth-order valence-electron chi connectivity index (χ4n) is 7.89. The molecule has 0 N–H and O–H groups in total. The average molecular weight is 643 g/mol. The van der Waals surface area contributed by atoms with Gasteiger partial charge in [-0.25, -0.2) is 0 Å². The van der Waals surface area contributed by atoms with E-state index in [-0.39, 0.29) is 47.2 Å². The Morgan fingerprint density at radius 1 is 0.844 bits per heavy atom. The molecule has 4 fully saturated rings. The highest BCUT2D eigenvalue weighted by molar-refractivity contribution is 6.30. The fraction of sp³-hybridized carbons (Fsp3) is 0.750. The molecule has 0 radical (unpaired) electrons. The SMILES string of the molecule is CC1CCC(N(C(=O)C(C)(C)C)C2C[C@@H](C(=O)N3CCOCC3)N(C(=O)[C@@H]3CN(C(C)(C)C)C[C@H]3c3ccc(Cl)cc3)C2)CC1. The predicted molar refractivity (Wildman–Crippen MR) is 178 cm³/mol. The van der Waals surface area contributed by atoms with E-state index in [0.717, 1.165) is 37.8 Å². The normalized spacial score (nSPS) is 30.0. The van der Waals surface area contributed by atoms with Crippen LogP contribution in [0, 0.1) is 17.3 Å². The second-order valence-electron chi connectivity index (χ2n) is 16.1. The van der Waals surface area contributed by atoms with Crippen LogP contribution in [-0.4, -0.2) is 107 Å². The van der Waals surface area contributed by atoms with Crippen LogP contribution in [0.25, 0.3) is 0 Å². The van der Waals surface area contributed by atoms with Crippen LogP contribution in [0.5, 0.6) is 0 Å². The molecule has 1 aromatic rings. The van der Waals surface area contributed by atoms with Gasteiger partial charge in [-0.1, -0.05) is 51.4 Å². The molecule has 4 atom stereocenters. The zero-order valence-corrected chi connectivity index (χ0v) is 29.3. The number of morpholine rings is 1. The molecule has 1 unspecified atom stereocenters. The number of rotatable bonds is 5. The van der Waals surface area contributed by atoms with Crippen LogP contribution in [0.3, 0.4) is 0 Å². The van der Waals surface area contributed by atoms with Crippen molar-refractivity contribution in [2.75, 3.05) is 45.9 Å². The van der Waals surface area contributed by atoms with Crippen LogP contribution in [-0.2, 0) is 19.1 Å². The first kappa shape index (κ1) is 34.2. The molecule has 250 valence electrons. The number of ether oxygens (including phenoxy) is 1. The molecule has 4 aliphatic rings. The van der Waals surface area contributed by atoms with Crippen molar-refractivity contribution < 1.29 is 19.1 Å². The van der Waals surface area contributed by atoms with Gasteiger partial charge in [0.05, 0.1) is 25.2 Å². The van der Waals surface area contributed by atoms with Gasteiger partial charge in [0.2, 0.25) is 17.7 Å². The minimum absolute atomic E-state index is 0.0108. The summed E-state index contributed by atoms with van der Waals surface area (Å²) in [5.41, 5.74) is 0.435. The Bertz CT molecular complexity index is 1210. The lowest BCUT2D eigenvalue weighted by Crippen LogP contribution is -2.53. The number of carbonyl (C=O) groups is 3. The molecule has 3 amide bonds. The zero-order valence-electron chi connectivity index (χ0n) is 28.6. The third-order valence-corrected chi connectivity index (χ3v) is 11.0. The Morgan fingerprint density at radius 3 is 2.04 bits per heavy atom. The summed E-state index contributed by atoms with van der Waals surface area (Å²) >= 11 is 6.26. The number of hydrogen-bond acceptors (Lipinski definition) is 5. The van der Waals surface area contributed by atoms with Gasteiger partial charge < -0.3 is 19.4 Å². The van der Waals surface area contributed by atoms with E-state index >= 15 is 0 Å². The lowest BCUT2D eigenvalue weighted by atomic mass is 9.84. The highest BCUT2D eigenvalue weighted by atomic mass is 35.5. The van der Waals surface area contributed by atoms with Gasteiger partial charge in [-0.3, -0.25) is 19.3 Å². The van der Waals surface area contributed by atoms with Gasteiger partial charge in [0.25, 0.3) is 0 Å². The molecule has 1 aliphatic carbocycles. The van der Waals surface area contributed by atoms with Crippen molar-refractivity contribution in [3.63, 3.8) is 0 Å². The predicted octanol–water partition coefficient (Wildman–Crippen LogP) is 5.44. The van der Waals surface area contributed by atoms with Gasteiger partial charge in [0.15, 0.2) is 0 Å². The van der Waals surface area contributed by atoms with Crippen LogP contribution >= 0.6 is 11.6 Å². The van der Waals surface area contributed by atoms with E-state index in [1.807, 2.05) is 54.8 Å². The summed E-state index contributed by atoms with van der Waals surface area (Å²) in [7, 11) is 0. The molecular weight excluding hydrogens is 588 g/mol. The maximum Gasteiger partial charge on any atom is 0.245 e. The first-order chi connectivity index (χ1) is 21.1. The Kier molecular flexibility index (Phi) is 10.3. The molecule has 8 nitrogen and oxygen atoms in total. The summed E-state index contributed by atoms with van der Waals surface area (Å²) in [4.78, 5) is 51.5. The van der Waals surface area contributed by atoms with Crippen molar-refractivity contribution in [1.29, 1.82) is 0 Å². The Labute approximate surface area is 275 Å². The van der Waals surface area contributed by atoms with Gasteiger partial charge in [-0.15, -0.1) is 0 Å². The number of nitrogens with zero attached hydrogens (tertiary/aromatic N) is 4. The highest BCUT2D eigenvalue weighted by Crippen LogP contribution is 2.41. The van der Waals surface area contributed by atoms with E-state index in [9.17, 15) is 14.4 Å². The van der Waals surface area contributed by atoms with E-state index in [1.54, 1.807) is 0 Å². The molecule has 45 heavy (non-hydrogen) atoms. The van der Waals surface area contributed by atoms with Gasteiger partial charge in [-0.2, -0.15) is 0 Å². The topological polar surface area (TPSA) is 73.4 Å². The minimum atomic E-state index is -0.590. The molecule has 5 rings (SSSR count). The first-order valence-corrected chi connectivity index (χ1v) is 17.5. The third-order valence-electron chi connectivity index (χ3n) is 10.7. The first-order valence-electron chi connectivity index (χ1n) is 17.2. The van der Waals surface area contributed by atoms with Gasteiger partial charge in [0.1, 0.15) is 6.04 Å². The fourth-order valence-corrected chi connectivity index (χ4v) is 8.01. The van der Waals surface area contributed by atoms with Crippen LogP contribution in [0.4, 0.5) is 0 Å². The van der Waals surface area contributed by atoms with E-state index in [1.165, 1.54) is 0 Å². The molecule has 0 aromatic heterocycles. The summed E-state index contributed by atoms with van der Waals surface area (Å²) in [6, 6.07) is 7.23. The van der Waals surface area contributed by atoms with Crippen molar-refractivity contribution in [3.8, 4) is 0 Å². The molecule has 3 heterocycles. The van der Waals surface area contributed by atoms with E-state index < -0.39 is 11.5 Å². The standard InChI is InChI=1S/C36H55ClN4O4/c1-24-8-14-27(15-9-24)41(34(44)35(2,3)4)28-20-31(33(43)38-16-18-45-19-17-38)40(21-28)32(42)30-23-39(36(5,6)7)22-29(30)25-10-12-26(37)13-11-25/h10-13,24,27-31H,8-9,14-23H2,1-7H3/t24?,27?,28?,29-,30+,31-/m0/s1. The van der Waals surface area contributed by atoms with E-state index in [0.29, 0.717) is 56.8 Å². The summed E-state index contributed by atoms with van der Waals surface area (Å²) in [6.45, 7) is 18.7. The highest BCUT2D eigenvalue weighted by Gasteiger charge is 2.51. The number of amides is 3. The molecule has 3 aliphatic heterocycles. The summed E-state index contributed by atoms with van der Waals surface area (Å²) < 4.78 is 5.56. The second kappa shape index (κ2) is 13.5. The summed E-state index contributed by atoms with van der Waals surface area (Å²) in [6.07, 6.45) is 4.61. The number of halogens is 1. The average Bonchev–Trinajstić information content (AvgIpc) is 3.64. The number of carbonyl (C=O) groups excluding carboxylic acids is 3. The number of hydrogen-bond donors (Lipinski definition) is 0. The number of likely N-dealkylation sites (tertiary alicyclic amines) is 2. The van der Waals surface area contributed by atoms with Crippen molar-refractivity contribution >= 4 is 29.3 Å². The lowest BCUT2D eigenvalue weighted by Gasteiger charge is -2.42. The van der Waals surface area contributed by atoms with Crippen molar-refractivity contribution in [1.82, 2.24) is 19.6 Å². The van der Waals surface area contributed by atoms with E-state index in [2.05, 4.69) is 37.5 Å². The summed E-state index contributed by atoms with van der Waals surface area (Å²) in [5, 5.41) is 0.673.